The first kappa shape index (κ1) is 15.9. The highest BCUT2D eigenvalue weighted by atomic mass is 31.2. The van der Waals surface area contributed by atoms with Gasteiger partial charge in [0.2, 0.25) is 0 Å². The standard InChI is InChI=1S/C15H18N3O4P/c1-15(20)8-9-23(21,11-6-4-3-5-7-11)14(15)18-10-12(16-17-18)13(19)22-2/h3-7,10,14,20H,8-9H2,1-2H3/t14-,15-,23-/m1/s1. The summed E-state index contributed by atoms with van der Waals surface area (Å²) in [5.74, 6) is -1.38. The summed E-state index contributed by atoms with van der Waals surface area (Å²) < 4.78 is 19.6. The predicted octanol–water partition coefficient (Wildman–Crippen LogP) is 1.41. The SMILES string of the molecule is COC(=O)c1cn([C@H]2[C@](C)(O)CC[P@@]2(=O)c2ccccc2)nn1. The van der Waals surface area contributed by atoms with Crippen molar-refractivity contribution in [2.45, 2.75) is 24.7 Å². The highest BCUT2D eigenvalue weighted by Crippen LogP contribution is 2.66. The van der Waals surface area contributed by atoms with Crippen molar-refractivity contribution in [2.75, 3.05) is 13.3 Å². The normalized spacial score (nSPS) is 30.3. The Morgan fingerprint density at radius 1 is 1.43 bits per heavy atom. The molecule has 0 bridgehead atoms. The number of hydrogen-bond acceptors (Lipinski definition) is 6. The van der Waals surface area contributed by atoms with Crippen LogP contribution in [0.2, 0.25) is 0 Å². The van der Waals surface area contributed by atoms with Crippen molar-refractivity contribution in [1.82, 2.24) is 15.0 Å². The topological polar surface area (TPSA) is 94.3 Å². The van der Waals surface area contributed by atoms with Gasteiger partial charge in [-0.15, -0.1) is 5.10 Å². The van der Waals surface area contributed by atoms with Crippen LogP contribution in [0, 0.1) is 0 Å². The predicted molar refractivity (Wildman–Crippen MR) is 84.2 cm³/mol. The molecule has 1 aromatic carbocycles. The Labute approximate surface area is 133 Å². The number of rotatable bonds is 3. The van der Waals surface area contributed by atoms with Gasteiger partial charge in [-0.05, 0) is 13.3 Å². The number of benzene rings is 1. The molecule has 0 amide bonds. The monoisotopic (exact) mass is 335 g/mol. The third-order valence-electron chi connectivity index (χ3n) is 4.25. The van der Waals surface area contributed by atoms with E-state index >= 15 is 0 Å². The largest absolute Gasteiger partial charge is 0.464 e. The van der Waals surface area contributed by atoms with Crippen molar-refractivity contribution in [2.24, 2.45) is 0 Å². The molecule has 3 atom stereocenters. The molecule has 1 fully saturated rings. The number of esters is 1. The highest BCUT2D eigenvalue weighted by molar-refractivity contribution is 7.72. The van der Waals surface area contributed by atoms with Gasteiger partial charge < -0.3 is 14.4 Å². The summed E-state index contributed by atoms with van der Waals surface area (Å²) in [6.45, 7) is 1.64. The number of aromatic nitrogens is 3. The van der Waals surface area contributed by atoms with Gasteiger partial charge in [-0.1, -0.05) is 35.5 Å². The van der Waals surface area contributed by atoms with E-state index in [1.807, 2.05) is 18.2 Å². The molecule has 7 nitrogen and oxygen atoms in total. The zero-order chi connectivity index (χ0) is 16.7. The van der Waals surface area contributed by atoms with E-state index in [2.05, 4.69) is 15.0 Å². The number of methoxy groups -OCH3 is 1. The van der Waals surface area contributed by atoms with E-state index in [4.69, 9.17) is 0 Å². The molecule has 23 heavy (non-hydrogen) atoms. The molecule has 2 aromatic rings. The fourth-order valence-electron chi connectivity index (χ4n) is 3.11. The van der Waals surface area contributed by atoms with Crippen LogP contribution in [-0.4, -0.2) is 44.9 Å². The smallest absolute Gasteiger partial charge is 0.360 e. The Bertz CT molecular complexity index is 772. The lowest BCUT2D eigenvalue weighted by Gasteiger charge is -2.29. The van der Waals surface area contributed by atoms with Gasteiger partial charge in [-0.3, -0.25) is 0 Å². The molecule has 0 radical (unpaired) electrons. The van der Waals surface area contributed by atoms with Gasteiger partial charge in [0.25, 0.3) is 0 Å². The molecule has 1 aliphatic heterocycles. The maximum Gasteiger partial charge on any atom is 0.360 e. The van der Waals surface area contributed by atoms with E-state index < -0.39 is 24.5 Å². The first-order valence-corrected chi connectivity index (χ1v) is 9.21. The molecule has 1 saturated heterocycles. The van der Waals surface area contributed by atoms with Gasteiger partial charge in [0.1, 0.15) is 12.9 Å². The minimum Gasteiger partial charge on any atom is -0.464 e. The Kier molecular flexibility index (Phi) is 3.86. The molecule has 0 saturated carbocycles. The quantitative estimate of drug-likeness (QED) is 0.673. The van der Waals surface area contributed by atoms with Crippen molar-refractivity contribution in [1.29, 1.82) is 0 Å². The number of carbonyl (C=O) groups excluding carboxylic acids is 1. The molecule has 1 N–H and O–H groups in total. The highest BCUT2D eigenvalue weighted by Gasteiger charge is 2.54. The van der Waals surface area contributed by atoms with Crippen LogP contribution in [0.25, 0.3) is 0 Å². The van der Waals surface area contributed by atoms with Crippen molar-refractivity contribution in [3.8, 4) is 0 Å². The van der Waals surface area contributed by atoms with Crippen LogP contribution in [0.1, 0.15) is 29.6 Å². The molecule has 1 aromatic heterocycles. The maximum atomic E-state index is 13.6. The first-order valence-electron chi connectivity index (χ1n) is 7.25. The number of carbonyl (C=O) groups is 1. The van der Waals surface area contributed by atoms with E-state index in [0.29, 0.717) is 17.9 Å². The van der Waals surface area contributed by atoms with Crippen LogP contribution in [-0.2, 0) is 9.30 Å². The molecule has 2 heterocycles. The minimum atomic E-state index is -2.94. The lowest BCUT2D eigenvalue weighted by molar-refractivity contribution is 0.0371. The molecule has 0 unspecified atom stereocenters. The zero-order valence-corrected chi connectivity index (χ0v) is 13.8. The van der Waals surface area contributed by atoms with Gasteiger partial charge >= 0.3 is 5.97 Å². The third-order valence-corrected chi connectivity index (χ3v) is 7.89. The van der Waals surface area contributed by atoms with E-state index in [0.717, 1.165) is 0 Å². The van der Waals surface area contributed by atoms with E-state index in [9.17, 15) is 14.5 Å². The fourth-order valence-corrected chi connectivity index (χ4v) is 6.88. The third kappa shape index (κ3) is 2.60. The van der Waals surface area contributed by atoms with Crippen LogP contribution in [0.4, 0.5) is 0 Å². The van der Waals surface area contributed by atoms with Crippen LogP contribution < -0.4 is 5.30 Å². The Morgan fingerprint density at radius 2 is 2.13 bits per heavy atom. The van der Waals surface area contributed by atoms with Crippen molar-refractivity contribution >= 4 is 18.4 Å². The van der Waals surface area contributed by atoms with E-state index in [1.165, 1.54) is 18.0 Å². The first-order chi connectivity index (χ1) is 10.9. The van der Waals surface area contributed by atoms with Gasteiger partial charge in [-0.25, -0.2) is 9.48 Å². The number of aliphatic hydroxyl groups is 1. The average Bonchev–Trinajstić information content (AvgIpc) is 3.11. The molecule has 0 spiro atoms. The second-order valence-corrected chi connectivity index (χ2v) is 8.95. The van der Waals surface area contributed by atoms with Crippen molar-refractivity contribution in [3.05, 3.63) is 42.2 Å². The van der Waals surface area contributed by atoms with E-state index in [-0.39, 0.29) is 5.69 Å². The molecule has 0 aliphatic carbocycles. The second-order valence-electron chi connectivity index (χ2n) is 5.91. The molecular formula is C15H18N3O4P. The van der Waals surface area contributed by atoms with Crippen LogP contribution >= 0.6 is 7.14 Å². The Hall–Kier alpha value is -1.98. The Morgan fingerprint density at radius 3 is 2.78 bits per heavy atom. The summed E-state index contributed by atoms with van der Waals surface area (Å²) in [5, 5.41) is 19.1. The molecule has 1 aliphatic rings. The summed E-state index contributed by atoms with van der Waals surface area (Å²) in [7, 11) is -1.69. The van der Waals surface area contributed by atoms with Crippen LogP contribution in [0.15, 0.2) is 36.5 Å². The molecule has 8 heteroatoms. The fraction of sp³-hybridized carbons (Fsp3) is 0.400. The van der Waals surface area contributed by atoms with Crippen LogP contribution in [0.3, 0.4) is 0 Å². The molecule has 3 rings (SSSR count). The van der Waals surface area contributed by atoms with Gasteiger partial charge in [0.15, 0.2) is 5.69 Å². The molecular weight excluding hydrogens is 317 g/mol. The van der Waals surface area contributed by atoms with Crippen molar-refractivity contribution in [3.63, 3.8) is 0 Å². The van der Waals surface area contributed by atoms with Crippen molar-refractivity contribution < 1.29 is 19.2 Å². The van der Waals surface area contributed by atoms with E-state index in [1.54, 1.807) is 19.1 Å². The number of nitrogens with zero attached hydrogens (tertiary/aromatic N) is 3. The average molecular weight is 335 g/mol. The lowest BCUT2D eigenvalue weighted by atomic mass is 10.0. The minimum absolute atomic E-state index is 0.0230. The van der Waals surface area contributed by atoms with Gasteiger partial charge in [0.05, 0.1) is 18.9 Å². The van der Waals surface area contributed by atoms with Gasteiger partial charge in [0, 0.05) is 11.5 Å². The number of hydrogen-bond donors (Lipinski definition) is 1. The number of ether oxygens (including phenoxy) is 1. The lowest BCUT2D eigenvalue weighted by Crippen LogP contribution is -2.33. The maximum absolute atomic E-state index is 13.6. The molecule has 122 valence electrons. The summed E-state index contributed by atoms with van der Waals surface area (Å²) >= 11 is 0. The Balaban J connectivity index is 2.08. The van der Waals surface area contributed by atoms with Gasteiger partial charge in [-0.2, -0.15) is 0 Å². The zero-order valence-electron chi connectivity index (χ0n) is 12.9. The summed E-state index contributed by atoms with van der Waals surface area (Å²) in [5.41, 5.74) is -1.18. The summed E-state index contributed by atoms with van der Waals surface area (Å²) in [4.78, 5) is 11.6. The summed E-state index contributed by atoms with van der Waals surface area (Å²) in [6, 6.07) is 9.09. The second kappa shape index (κ2) is 5.58. The van der Waals surface area contributed by atoms with Crippen LogP contribution in [0.5, 0.6) is 0 Å². The summed E-state index contributed by atoms with van der Waals surface area (Å²) in [6.07, 6.45) is 2.14.